The standard InChI is InChI=1S/C9H8ClN5O3S2/c1-5-12-6(18-14-5)4-11-20(16,17)8-7(10)13-9-15(8)2-3-19-9/h2-3,11H,4H2,1H3. The number of fused-ring (bicyclic) bond motifs is 1. The van der Waals surface area contributed by atoms with Crippen molar-refractivity contribution in [2.45, 2.75) is 18.5 Å². The monoisotopic (exact) mass is 333 g/mol. The Balaban J connectivity index is 1.91. The Kier molecular flexibility index (Phi) is 3.24. The maximum Gasteiger partial charge on any atom is 0.260 e. The molecule has 106 valence electrons. The highest BCUT2D eigenvalue weighted by Gasteiger charge is 2.25. The Hall–Kier alpha value is -1.49. The normalized spacial score (nSPS) is 12.3. The van der Waals surface area contributed by atoms with Crippen LogP contribution in [0.25, 0.3) is 4.96 Å². The van der Waals surface area contributed by atoms with Crippen LogP contribution in [0.1, 0.15) is 11.7 Å². The van der Waals surface area contributed by atoms with Gasteiger partial charge in [0.25, 0.3) is 10.0 Å². The van der Waals surface area contributed by atoms with E-state index < -0.39 is 10.0 Å². The average Bonchev–Trinajstić information content (AvgIpc) is 3.02. The van der Waals surface area contributed by atoms with E-state index in [1.807, 2.05) is 0 Å². The van der Waals surface area contributed by atoms with Crippen molar-refractivity contribution in [1.29, 1.82) is 0 Å². The van der Waals surface area contributed by atoms with Crippen LogP contribution < -0.4 is 4.72 Å². The van der Waals surface area contributed by atoms with E-state index in [0.29, 0.717) is 10.8 Å². The highest BCUT2D eigenvalue weighted by molar-refractivity contribution is 7.89. The Morgan fingerprint density at radius 2 is 2.30 bits per heavy atom. The van der Waals surface area contributed by atoms with Gasteiger partial charge in [0, 0.05) is 11.6 Å². The molecular weight excluding hydrogens is 326 g/mol. The van der Waals surface area contributed by atoms with Crippen molar-refractivity contribution in [3.63, 3.8) is 0 Å². The Labute approximate surface area is 122 Å². The van der Waals surface area contributed by atoms with Crippen molar-refractivity contribution < 1.29 is 12.9 Å². The van der Waals surface area contributed by atoms with Gasteiger partial charge in [-0.25, -0.2) is 18.1 Å². The van der Waals surface area contributed by atoms with E-state index in [4.69, 9.17) is 16.1 Å². The number of nitrogens with zero attached hydrogens (tertiary/aromatic N) is 4. The van der Waals surface area contributed by atoms with Crippen LogP contribution in [-0.4, -0.2) is 27.9 Å². The summed E-state index contributed by atoms with van der Waals surface area (Å²) in [7, 11) is -3.84. The molecule has 20 heavy (non-hydrogen) atoms. The molecule has 0 bridgehead atoms. The minimum Gasteiger partial charge on any atom is -0.338 e. The summed E-state index contributed by atoms with van der Waals surface area (Å²) in [4.78, 5) is 8.39. The summed E-state index contributed by atoms with van der Waals surface area (Å²) in [5, 5.41) is 5.11. The highest BCUT2D eigenvalue weighted by Crippen LogP contribution is 2.25. The number of hydrogen-bond acceptors (Lipinski definition) is 7. The van der Waals surface area contributed by atoms with Gasteiger partial charge < -0.3 is 4.52 Å². The first kappa shape index (κ1) is 13.5. The topological polar surface area (TPSA) is 102 Å². The second-order valence-electron chi connectivity index (χ2n) is 3.82. The van der Waals surface area contributed by atoms with Crippen molar-refractivity contribution in [3.8, 4) is 0 Å². The number of hydrogen-bond donors (Lipinski definition) is 1. The van der Waals surface area contributed by atoms with Gasteiger partial charge in [0.15, 0.2) is 21.0 Å². The third kappa shape index (κ3) is 2.30. The third-order valence-electron chi connectivity index (χ3n) is 2.42. The Morgan fingerprint density at radius 3 is 3.00 bits per heavy atom. The lowest BCUT2D eigenvalue weighted by molar-refractivity contribution is 0.372. The molecule has 0 unspecified atom stereocenters. The lowest BCUT2D eigenvalue weighted by Gasteiger charge is -2.03. The maximum absolute atomic E-state index is 12.3. The molecule has 0 aromatic carbocycles. The summed E-state index contributed by atoms with van der Waals surface area (Å²) in [6, 6.07) is 0. The van der Waals surface area contributed by atoms with E-state index in [9.17, 15) is 8.42 Å². The van der Waals surface area contributed by atoms with Crippen molar-refractivity contribution in [2.75, 3.05) is 0 Å². The molecule has 0 aliphatic rings. The molecule has 0 radical (unpaired) electrons. The summed E-state index contributed by atoms with van der Waals surface area (Å²) < 4.78 is 33.1. The molecule has 0 atom stereocenters. The van der Waals surface area contributed by atoms with Crippen LogP contribution in [0.3, 0.4) is 0 Å². The molecule has 0 aliphatic carbocycles. The third-order valence-corrected chi connectivity index (χ3v) is 4.97. The lowest BCUT2D eigenvalue weighted by atomic mass is 10.6. The lowest BCUT2D eigenvalue weighted by Crippen LogP contribution is -2.24. The van der Waals surface area contributed by atoms with Crippen LogP contribution in [0.2, 0.25) is 5.15 Å². The molecule has 0 spiro atoms. The van der Waals surface area contributed by atoms with E-state index in [0.717, 1.165) is 0 Å². The van der Waals surface area contributed by atoms with E-state index in [2.05, 4.69) is 19.8 Å². The van der Waals surface area contributed by atoms with Crippen molar-refractivity contribution in [2.24, 2.45) is 0 Å². The summed E-state index contributed by atoms with van der Waals surface area (Å²) in [6.45, 7) is 1.53. The zero-order valence-electron chi connectivity index (χ0n) is 10.1. The molecule has 1 N–H and O–H groups in total. The fraction of sp³-hybridized carbons (Fsp3) is 0.222. The first-order chi connectivity index (χ1) is 9.47. The Bertz CT molecular complexity index is 865. The van der Waals surface area contributed by atoms with Crippen LogP contribution >= 0.6 is 22.9 Å². The second-order valence-corrected chi connectivity index (χ2v) is 6.74. The van der Waals surface area contributed by atoms with Crippen molar-refractivity contribution >= 4 is 37.9 Å². The number of nitrogens with one attached hydrogen (secondary N) is 1. The van der Waals surface area contributed by atoms with Gasteiger partial charge in [-0.05, 0) is 6.92 Å². The molecule has 3 aromatic rings. The molecule has 11 heteroatoms. The molecule has 0 aliphatic heterocycles. The number of halogens is 1. The highest BCUT2D eigenvalue weighted by atomic mass is 35.5. The smallest absolute Gasteiger partial charge is 0.260 e. The molecule has 3 aromatic heterocycles. The number of aryl methyl sites for hydroxylation is 1. The first-order valence-corrected chi connectivity index (χ1v) is 8.11. The fourth-order valence-corrected chi connectivity index (χ4v) is 4.04. The van der Waals surface area contributed by atoms with E-state index in [1.165, 1.54) is 15.7 Å². The minimum absolute atomic E-state index is 0.0777. The van der Waals surface area contributed by atoms with Crippen LogP contribution in [-0.2, 0) is 16.6 Å². The van der Waals surface area contributed by atoms with E-state index >= 15 is 0 Å². The van der Waals surface area contributed by atoms with Gasteiger partial charge in [-0.3, -0.25) is 4.40 Å². The fourth-order valence-electron chi connectivity index (χ4n) is 1.62. The number of thiazole rings is 1. The minimum atomic E-state index is -3.84. The molecule has 0 saturated carbocycles. The largest absolute Gasteiger partial charge is 0.338 e. The summed E-state index contributed by atoms with van der Waals surface area (Å²) in [6.07, 6.45) is 1.59. The average molecular weight is 334 g/mol. The second kappa shape index (κ2) is 4.81. The maximum atomic E-state index is 12.3. The summed E-state index contributed by atoms with van der Waals surface area (Å²) in [5.74, 6) is 0.607. The number of aromatic nitrogens is 4. The van der Waals surface area contributed by atoms with E-state index in [-0.39, 0.29) is 22.6 Å². The zero-order chi connectivity index (χ0) is 14.3. The number of imidazole rings is 1. The van der Waals surface area contributed by atoms with Crippen LogP contribution in [0.5, 0.6) is 0 Å². The number of sulfonamides is 1. The quantitative estimate of drug-likeness (QED) is 0.770. The van der Waals surface area contributed by atoms with Crippen LogP contribution in [0, 0.1) is 6.92 Å². The summed E-state index contributed by atoms with van der Waals surface area (Å²) in [5.41, 5.74) is 0. The van der Waals surface area contributed by atoms with Crippen LogP contribution in [0.4, 0.5) is 0 Å². The first-order valence-electron chi connectivity index (χ1n) is 5.37. The van der Waals surface area contributed by atoms with Gasteiger partial charge in [-0.2, -0.15) is 4.98 Å². The summed E-state index contributed by atoms with van der Waals surface area (Å²) >= 11 is 7.17. The predicted molar refractivity (Wildman–Crippen MR) is 71.1 cm³/mol. The molecular formula is C9H8ClN5O3S2. The van der Waals surface area contributed by atoms with Crippen LogP contribution in [0.15, 0.2) is 21.1 Å². The molecule has 3 rings (SSSR count). The number of rotatable bonds is 4. The van der Waals surface area contributed by atoms with Crippen molar-refractivity contribution in [1.82, 2.24) is 24.2 Å². The van der Waals surface area contributed by atoms with Gasteiger partial charge in [0.1, 0.15) is 0 Å². The zero-order valence-corrected chi connectivity index (χ0v) is 12.5. The molecule has 0 amide bonds. The molecule has 8 nitrogen and oxygen atoms in total. The van der Waals surface area contributed by atoms with Gasteiger partial charge in [-0.1, -0.05) is 16.8 Å². The van der Waals surface area contributed by atoms with Crippen molar-refractivity contribution in [3.05, 3.63) is 28.4 Å². The molecule has 3 heterocycles. The SMILES string of the molecule is Cc1noc(CNS(=O)(=O)c2c(Cl)nc3sccn23)n1. The van der Waals surface area contributed by atoms with Gasteiger partial charge in [-0.15, -0.1) is 11.3 Å². The molecule has 0 fully saturated rings. The predicted octanol–water partition coefficient (Wildman–Crippen LogP) is 1.22. The Morgan fingerprint density at radius 1 is 1.50 bits per heavy atom. The van der Waals surface area contributed by atoms with E-state index in [1.54, 1.807) is 18.5 Å². The van der Waals surface area contributed by atoms with Gasteiger partial charge in [0.2, 0.25) is 5.89 Å². The van der Waals surface area contributed by atoms with Gasteiger partial charge in [0.05, 0.1) is 6.54 Å². The van der Waals surface area contributed by atoms with Gasteiger partial charge >= 0.3 is 0 Å². The molecule has 0 saturated heterocycles.